The van der Waals surface area contributed by atoms with Gasteiger partial charge in [0.1, 0.15) is 6.07 Å². The zero-order valence-corrected chi connectivity index (χ0v) is 19.7. The minimum atomic E-state index is -0.912. The fraction of sp³-hybridized carbons (Fsp3) is 0.458. The molecule has 4 rings (SSSR count). The van der Waals surface area contributed by atoms with E-state index in [0.29, 0.717) is 47.7 Å². The number of ether oxygens (including phenoxy) is 1. The van der Waals surface area contributed by atoms with Gasteiger partial charge in [0.25, 0.3) is 5.91 Å². The molecule has 3 N–H and O–H groups in total. The van der Waals surface area contributed by atoms with Crippen molar-refractivity contribution in [2.24, 2.45) is 0 Å². The molecule has 178 valence electrons. The molecule has 0 radical (unpaired) electrons. The Morgan fingerprint density at radius 1 is 1.26 bits per heavy atom. The van der Waals surface area contributed by atoms with Crippen molar-refractivity contribution >= 4 is 22.6 Å². The molecular formula is C24H29N7O3. The molecule has 4 heterocycles. The average molecular weight is 464 g/mol. The molecule has 10 nitrogen and oxygen atoms in total. The molecule has 0 aliphatic carbocycles. The molecule has 2 atom stereocenters. The molecule has 0 bridgehead atoms. The van der Waals surface area contributed by atoms with Gasteiger partial charge in [-0.1, -0.05) is 0 Å². The summed E-state index contributed by atoms with van der Waals surface area (Å²) < 4.78 is 7.36. The van der Waals surface area contributed by atoms with Crippen molar-refractivity contribution < 1.29 is 14.6 Å². The quantitative estimate of drug-likeness (QED) is 0.507. The van der Waals surface area contributed by atoms with Crippen molar-refractivity contribution in [1.29, 1.82) is 5.26 Å². The lowest BCUT2D eigenvalue weighted by Crippen LogP contribution is -2.48. The van der Waals surface area contributed by atoms with E-state index in [1.54, 1.807) is 36.9 Å². The number of aromatic nitrogens is 4. The van der Waals surface area contributed by atoms with Crippen LogP contribution in [0.1, 0.15) is 56.5 Å². The number of amides is 1. The van der Waals surface area contributed by atoms with E-state index >= 15 is 0 Å². The number of anilines is 1. The minimum absolute atomic E-state index is 0.0815. The predicted molar refractivity (Wildman–Crippen MR) is 127 cm³/mol. The molecule has 0 spiro atoms. The number of hydrogen-bond acceptors (Lipinski definition) is 8. The predicted octanol–water partition coefficient (Wildman–Crippen LogP) is 2.56. The molecule has 1 saturated heterocycles. The Bertz CT molecular complexity index is 1230. The second-order valence-electron chi connectivity index (χ2n) is 9.42. The Morgan fingerprint density at radius 3 is 2.71 bits per heavy atom. The van der Waals surface area contributed by atoms with Gasteiger partial charge in [-0.2, -0.15) is 15.0 Å². The van der Waals surface area contributed by atoms with Crippen LogP contribution in [0.2, 0.25) is 0 Å². The highest BCUT2D eigenvalue weighted by molar-refractivity contribution is 5.99. The van der Waals surface area contributed by atoms with Crippen LogP contribution in [0, 0.1) is 11.3 Å². The Kier molecular flexibility index (Phi) is 6.50. The zero-order chi connectivity index (χ0) is 24.5. The second kappa shape index (κ2) is 9.37. The summed E-state index contributed by atoms with van der Waals surface area (Å²) in [7, 11) is 0. The number of pyridine rings is 2. The Labute approximate surface area is 198 Å². The Balaban J connectivity index is 1.57. The van der Waals surface area contributed by atoms with Crippen molar-refractivity contribution in [3.63, 3.8) is 0 Å². The first-order valence-corrected chi connectivity index (χ1v) is 11.3. The summed E-state index contributed by atoms with van der Waals surface area (Å²) in [4.78, 5) is 21.9. The SMILES string of the molecule is CC(C)Nc1cc(-n2ncc3cc(C#N)cnc32)ncc1C(=O)N[C@@H]1CC[C@@H](C(C)(C)O)OC1. The zero-order valence-electron chi connectivity index (χ0n) is 19.7. The first-order valence-electron chi connectivity index (χ1n) is 11.3. The van der Waals surface area contributed by atoms with E-state index in [4.69, 9.17) is 10.00 Å². The van der Waals surface area contributed by atoms with Crippen LogP contribution in [0.4, 0.5) is 5.69 Å². The lowest BCUT2D eigenvalue weighted by atomic mass is 9.93. The topological polar surface area (TPSA) is 138 Å². The van der Waals surface area contributed by atoms with E-state index < -0.39 is 5.60 Å². The molecule has 34 heavy (non-hydrogen) atoms. The number of nitrogens with one attached hydrogen (secondary N) is 2. The molecule has 0 saturated carbocycles. The van der Waals surface area contributed by atoms with E-state index in [1.807, 2.05) is 13.8 Å². The highest BCUT2D eigenvalue weighted by Gasteiger charge is 2.33. The first kappa shape index (κ1) is 23.6. The fourth-order valence-corrected chi connectivity index (χ4v) is 4.01. The largest absolute Gasteiger partial charge is 0.388 e. The molecule has 1 amide bonds. The third-order valence-corrected chi connectivity index (χ3v) is 5.73. The lowest BCUT2D eigenvalue weighted by molar-refractivity contribution is -0.114. The summed E-state index contributed by atoms with van der Waals surface area (Å²) in [6.45, 7) is 7.78. The van der Waals surface area contributed by atoms with E-state index in [1.165, 1.54) is 12.4 Å². The number of nitriles is 1. The molecule has 3 aromatic rings. The third kappa shape index (κ3) is 5.00. The Hall–Kier alpha value is -3.55. The van der Waals surface area contributed by atoms with Crippen molar-refractivity contribution in [2.75, 3.05) is 11.9 Å². The highest BCUT2D eigenvalue weighted by Crippen LogP contribution is 2.25. The maximum absolute atomic E-state index is 13.1. The van der Waals surface area contributed by atoms with Crippen LogP contribution in [0.25, 0.3) is 16.9 Å². The van der Waals surface area contributed by atoms with Gasteiger partial charge in [-0.3, -0.25) is 4.79 Å². The van der Waals surface area contributed by atoms with Crippen LogP contribution >= 0.6 is 0 Å². The van der Waals surface area contributed by atoms with Crippen molar-refractivity contribution in [3.8, 4) is 11.9 Å². The molecule has 1 aliphatic heterocycles. The number of nitrogens with zero attached hydrogens (tertiary/aromatic N) is 5. The molecule has 10 heteroatoms. The smallest absolute Gasteiger partial charge is 0.255 e. The number of carbonyl (C=O) groups excluding carboxylic acids is 1. The van der Waals surface area contributed by atoms with E-state index in [9.17, 15) is 9.90 Å². The average Bonchev–Trinajstić information content (AvgIpc) is 3.21. The summed E-state index contributed by atoms with van der Waals surface area (Å²) in [5, 5.41) is 30.7. The maximum Gasteiger partial charge on any atom is 0.255 e. The van der Waals surface area contributed by atoms with Gasteiger partial charge < -0.3 is 20.5 Å². The summed E-state index contributed by atoms with van der Waals surface area (Å²) >= 11 is 0. The van der Waals surface area contributed by atoms with Gasteiger partial charge in [0.15, 0.2) is 11.5 Å². The Morgan fingerprint density at radius 2 is 2.06 bits per heavy atom. The van der Waals surface area contributed by atoms with Gasteiger partial charge in [-0.05, 0) is 46.6 Å². The van der Waals surface area contributed by atoms with Crippen LogP contribution in [0.5, 0.6) is 0 Å². The minimum Gasteiger partial charge on any atom is -0.388 e. The van der Waals surface area contributed by atoms with Gasteiger partial charge in [0.05, 0.1) is 47.4 Å². The summed E-state index contributed by atoms with van der Waals surface area (Å²) in [6, 6.07) is 5.49. The highest BCUT2D eigenvalue weighted by atomic mass is 16.5. The maximum atomic E-state index is 13.1. The summed E-state index contributed by atoms with van der Waals surface area (Å²) in [5.74, 6) is 0.251. The normalized spacial score (nSPS) is 18.6. The van der Waals surface area contributed by atoms with Gasteiger partial charge in [0, 0.05) is 29.9 Å². The number of aliphatic hydroxyl groups is 1. The van der Waals surface area contributed by atoms with E-state index in [2.05, 4.69) is 31.8 Å². The van der Waals surface area contributed by atoms with E-state index in [0.717, 1.165) is 5.39 Å². The molecule has 0 unspecified atom stereocenters. The van der Waals surface area contributed by atoms with Gasteiger partial charge in [-0.25, -0.2) is 9.97 Å². The second-order valence-corrected chi connectivity index (χ2v) is 9.42. The van der Waals surface area contributed by atoms with Crippen LogP contribution in [-0.4, -0.2) is 61.2 Å². The first-order chi connectivity index (χ1) is 16.2. The lowest BCUT2D eigenvalue weighted by Gasteiger charge is -2.36. The van der Waals surface area contributed by atoms with Crippen molar-refractivity contribution in [2.45, 2.75) is 64.3 Å². The number of rotatable bonds is 6. The summed E-state index contributed by atoms with van der Waals surface area (Å²) in [6.07, 6.45) is 5.77. The standard InChI is InChI=1S/C24H29N7O3/c1-14(2)29-19-8-21(31-22-16(11-28-31)7-15(9-25)10-27-22)26-12-18(19)23(32)30-17-5-6-20(34-13-17)24(3,4)33/h7-8,10-12,14,17,20,33H,5-6,13H2,1-4H3,(H,26,29)(H,30,32)/t17-,20+/m1/s1. The van der Waals surface area contributed by atoms with E-state index in [-0.39, 0.29) is 24.1 Å². The molecule has 3 aromatic heterocycles. The van der Waals surface area contributed by atoms with Crippen LogP contribution in [-0.2, 0) is 4.74 Å². The molecule has 1 aliphatic rings. The van der Waals surface area contributed by atoms with Crippen molar-refractivity contribution in [3.05, 3.63) is 41.9 Å². The van der Waals surface area contributed by atoms with Gasteiger partial charge >= 0.3 is 0 Å². The molecule has 1 fully saturated rings. The van der Waals surface area contributed by atoms with Crippen LogP contribution < -0.4 is 10.6 Å². The fourth-order valence-electron chi connectivity index (χ4n) is 4.01. The number of fused-ring (bicyclic) bond motifs is 1. The summed E-state index contributed by atoms with van der Waals surface area (Å²) in [5.41, 5.74) is 1.15. The number of carbonyl (C=O) groups is 1. The van der Waals surface area contributed by atoms with Crippen molar-refractivity contribution in [1.82, 2.24) is 25.1 Å². The molecular weight excluding hydrogens is 434 g/mol. The van der Waals surface area contributed by atoms with Crippen LogP contribution in [0.3, 0.4) is 0 Å². The monoisotopic (exact) mass is 463 g/mol. The molecule has 0 aromatic carbocycles. The van der Waals surface area contributed by atoms with Gasteiger partial charge in [0.2, 0.25) is 0 Å². The van der Waals surface area contributed by atoms with Gasteiger partial charge in [-0.15, -0.1) is 0 Å². The van der Waals surface area contributed by atoms with Crippen LogP contribution in [0.15, 0.2) is 30.7 Å². The third-order valence-electron chi connectivity index (χ3n) is 5.73. The number of hydrogen-bond donors (Lipinski definition) is 3.